The van der Waals surface area contributed by atoms with E-state index < -0.39 is 10.0 Å². The molecule has 0 aromatic heterocycles. The molecule has 0 heterocycles. The first-order valence-corrected chi connectivity index (χ1v) is 6.76. The fourth-order valence-corrected chi connectivity index (χ4v) is 2.58. The molecule has 7 heteroatoms. The summed E-state index contributed by atoms with van der Waals surface area (Å²) < 4.78 is 22.9. The molecule has 5 nitrogen and oxygen atoms in total. The van der Waals surface area contributed by atoms with Gasteiger partial charge in [-0.1, -0.05) is 24.3 Å². The van der Waals surface area contributed by atoms with Crippen molar-refractivity contribution in [3.05, 3.63) is 36.4 Å². The summed E-state index contributed by atoms with van der Waals surface area (Å²) in [6, 6.07) is 9.79. The van der Waals surface area contributed by atoms with E-state index in [1.807, 2.05) is 0 Å². The highest BCUT2D eigenvalue weighted by Crippen LogP contribution is 2.28. The lowest BCUT2D eigenvalue weighted by Gasteiger charge is -2.09. The summed E-state index contributed by atoms with van der Waals surface area (Å²) in [5, 5.41) is 8.94. The van der Waals surface area contributed by atoms with Crippen LogP contribution in [-0.4, -0.2) is 14.3 Å². The average Bonchev–Trinajstić information content (AvgIpc) is 2.26. The molecule has 0 aliphatic carbocycles. The van der Waals surface area contributed by atoms with Crippen LogP contribution in [0.1, 0.15) is 6.92 Å². The maximum Gasteiger partial charge on any atom is 0.238 e. The number of anilines is 1. The van der Waals surface area contributed by atoms with Gasteiger partial charge in [0.2, 0.25) is 15.9 Å². The standard InChI is InChI=1S/C12H12N2O3S.ClH/c1-8(15)14-11-6-2-5-10-9(11)4-3-7-12(10)18(13,16)17;/h2-7H,1H3,(H,14,15)(H2,13,16,17);1H/p-1. The summed E-state index contributed by atoms with van der Waals surface area (Å²) >= 11 is 0. The van der Waals surface area contributed by atoms with Gasteiger partial charge in [-0.25, -0.2) is 13.6 Å². The van der Waals surface area contributed by atoms with Crippen molar-refractivity contribution in [2.75, 3.05) is 5.32 Å². The Hall–Kier alpha value is -1.63. The highest BCUT2D eigenvalue weighted by atomic mass is 35.5. The predicted molar refractivity (Wildman–Crippen MR) is 69.6 cm³/mol. The number of hydrogen-bond donors (Lipinski definition) is 2. The van der Waals surface area contributed by atoms with Crippen molar-refractivity contribution < 1.29 is 25.6 Å². The van der Waals surface area contributed by atoms with Crippen LogP contribution in [0, 0.1) is 0 Å². The minimum absolute atomic E-state index is 0. The van der Waals surface area contributed by atoms with Crippen LogP contribution in [0.25, 0.3) is 10.8 Å². The second-order valence-corrected chi connectivity index (χ2v) is 5.41. The van der Waals surface area contributed by atoms with Gasteiger partial charge in [-0.3, -0.25) is 4.79 Å². The molecule has 0 bridgehead atoms. The molecule has 2 aromatic rings. The number of primary sulfonamides is 1. The summed E-state index contributed by atoms with van der Waals surface area (Å²) in [7, 11) is -3.79. The fourth-order valence-electron chi connectivity index (χ4n) is 1.83. The molecule has 0 atom stereocenters. The van der Waals surface area contributed by atoms with Crippen LogP contribution < -0.4 is 22.9 Å². The average molecular weight is 300 g/mol. The van der Waals surface area contributed by atoms with Gasteiger partial charge in [0.05, 0.1) is 4.90 Å². The Morgan fingerprint density at radius 2 is 1.68 bits per heavy atom. The fraction of sp³-hybridized carbons (Fsp3) is 0.0833. The van der Waals surface area contributed by atoms with Gasteiger partial charge in [0.1, 0.15) is 0 Å². The molecule has 0 saturated carbocycles. The summed E-state index contributed by atoms with van der Waals surface area (Å²) in [5.41, 5.74) is 0.561. The van der Waals surface area contributed by atoms with Crippen molar-refractivity contribution in [1.29, 1.82) is 0 Å². The molecule has 0 unspecified atom stereocenters. The zero-order chi connectivity index (χ0) is 13.3. The molecule has 0 aliphatic heterocycles. The van der Waals surface area contributed by atoms with E-state index in [0.29, 0.717) is 16.5 Å². The van der Waals surface area contributed by atoms with E-state index in [9.17, 15) is 13.2 Å². The summed E-state index contributed by atoms with van der Waals surface area (Å²) in [5.74, 6) is -0.219. The maximum atomic E-state index is 11.5. The number of fused-ring (bicyclic) bond motifs is 1. The van der Waals surface area contributed by atoms with Crippen LogP contribution in [0.3, 0.4) is 0 Å². The molecule has 19 heavy (non-hydrogen) atoms. The van der Waals surface area contributed by atoms with Gasteiger partial charge < -0.3 is 17.7 Å². The second-order valence-electron chi connectivity index (χ2n) is 3.88. The molecule has 2 aromatic carbocycles. The Kier molecular flexibility index (Phi) is 4.52. The van der Waals surface area contributed by atoms with E-state index in [1.54, 1.807) is 30.3 Å². The Labute approximate surface area is 117 Å². The second kappa shape index (κ2) is 5.56. The number of sulfonamides is 1. The number of benzene rings is 2. The number of carbonyl (C=O) groups excluding carboxylic acids is 1. The largest absolute Gasteiger partial charge is 1.00 e. The van der Waals surface area contributed by atoms with Crippen LogP contribution in [0.4, 0.5) is 5.69 Å². The van der Waals surface area contributed by atoms with Crippen LogP contribution in [0.15, 0.2) is 41.3 Å². The lowest BCUT2D eigenvalue weighted by Crippen LogP contribution is -3.00. The molecule has 3 N–H and O–H groups in total. The third-order valence-electron chi connectivity index (χ3n) is 2.50. The number of amides is 1. The van der Waals surface area contributed by atoms with Gasteiger partial charge in [0.15, 0.2) is 0 Å². The normalized spacial score (nSPS) is 10.8. The Bertz CT molecular complexity index is 729. The van der Waals surface area contributed by atoms with Crippen molar-refractivity contribution >= 4 is 32.4 Å². The molecular weight excluding hydrogens is 288 g/mol. The molecule has 0 fully saturated rings. The number of rotatable bonds is 2. The van der Waals surface area contributed by atoms with Gasteiger partial charge >= 0.3 is 0 Å². The van der Waals surface area contributed by atoms with E-state index in [-0.39, 0.29) is 23.2 Å². The zero-order valence-corrected chi connectivity index (χ0v) is 11.6. The van der Waals surface area contributed by atoms with E-state index in [0.717, 1.165) is 0 Å². The zero-order valence-electron chi connectivity index (χ0n) is 10.1. The van der Waals surface area contributed by atoms with Crippen molar-refractivity contribution in [2.45, 2.75) is 11.8 Å². The predicted octanol–water partition coefficient (Wildman–Crippen LogP) is -1.55. The lowest BCUT2D eigenvalue weighted by atomic mass is 10.1. The Balaban J connectivity index is 0.00000180. The number of carbonyl (C=O) groups is 1. The van der Waals surface area contributed by atoms with E-state index >= 15 is 0 Å². The summed E-state index contributed by atoms with van der Waals surface area (Å²) in [4.78, 5) is 11.1. The van der Waals surface area contributed by atoms with E-state index in [1.165, 1.54) is 13.0 Å². The van der Waals surface area contributed by atoms with Crippen LogP contribution >= 0.6 is 0 Å². The minimum atomic E-state index is -3.79. The minimum Gasteiger partial charge on any atom is -1.00 e. The SMILES string of the molecule is CC(=O)Nc1cccc2c(S(N)(=O)=O)cccc12.[Cl-]. The molecule has 0 saturated heterocycles. The van der Waals surface area contributed by atoms with Gasteiger partial charge in [0, 0.05) is 23.4 Å². The number of nitrogens with one attached hydrogen (secondary N) is 1. The van der Waals surface area contributed by atoms with E-state index in [2.05, 4.69) is 5.32 Å². The van der Waals surface area contributed by atoms with Gasteiger partial charge in [0.25, 0.3) is 0 Å². The summed E-state index contributed by atoms with van der Waals surface area (Å²) in [6.07, 6.45) is 0. The quantitative estimate of drug-likeness (QED) is 0.703. The van der Waals surface area contributed by atoms with Crippen molar-refractivity contribution in [3.8, 4) is 0 Å². The summed E-state index contributed by atoms with van der Waals surface area (Å²) in [6.45, 7) is 1.39. The molecule has 2 rings (SSSR count). The van der Waals surface area contributed by atoms with Crippen molar-refractivity contribution in [1.82, 2.24) is 0 Å². The first kappa shape index (κ1) is 15.4. The third kappa shape index (κ3) is 3.23. The third-order valence-corrected chi connectivity index (χ3v) is 3.47. The molecular formula is C12H12ClN2O3S-. The first-order valence-electron chi connectivity index (χ1n) is 5.22. The number of halogens is 1. The highest BCUT2D eigenvalue weighted by molar-refractivity contribution is 7.89. The number of hydrogen-bond acceptors (Lipinski definition) is 3. The van der Waals surface area contributed by atoms with Crippen molar-refractivity contribution in [3.63, 3.8) is 0 Å². The van der Waals surface area contributed by atoms with Crippen LogP contribution in [-0.2, 0) is 14.8 Å². The Morgan fingerprint density at radius 1 is 1.11 bits per heavy atom. The molecule has 102 valence electrons. The Morgan fingerprint density at radius 3 is 2.26 bits per heavy atom. The smallest absolute Gasteiger partial charge is 0.238 e. The van der Waals surface area contributed by atoms with Gasteiger partial charge in [-0.2, -0.15) is 0 Å². The van der Waals surface area contributed by atoms with Crippen LogP contribution in [0.5, 0.6) is 0 Å². The molecule has 0 aliphatic rings. The maximum absolute atomic E-state index is 11.5. The van der Waals surface area contributed by atoms with Gasteiger partial charge in [-0.15, -0.1) is 0 Å². The van der Waals surface area contributed by atoms with E-state index in [4.69, 9.17) is 5.14 Å². The number of nitrogens with two attached hydrogens (primary N) is 1. The van der Waals surface area contributed by atoms with Crippen LogP contribution in [0.2, 0.25) is 0 Å². The highest BCUT2D eigenvalue weighted by Gasteiger charge is 2.13. The molecule has 0 radical (unpaired) electrons. The monoisotopic (exact) mass is 299 g/mol. The topological polar surface area (TPSA) is 89.3 Å². The van der Waals surface area contributed by atoms with Gasteiger partial charge in [-0.05, 0) is 12.1 Å². The lowest BCUT2D eigenvalue weighted by molar-refractivity contribution is -0.114. The molecule has 1 amide bonds. The van der Waals surface area contributed by atoms with Crippen molar-refractivity contribution in [2.24, 2.45) is 5.14 Å². The molecule has 0 spiro atoms. The first-order chi connectivity index (χ1) is 8.39.